The van der Waals surface area contributed by atoms with Gasteiger partial charge in [-0.2, -0.15) is 0 Å². The zero-order chi connectivity index (χ0) is 25.8. The van der Waals surface area contributed by atoms with Gasteiger partial charge in [-0.15, -0.1) is 0 Å². The third-order valence-corrected chi connectivity index (χ3v) is 6.24. The van der Waals surface area contributed by atoms with E-state index in [2.05, 4.69) is 4.98 Å². The van der Waals surface area contributed by atoms with E-state index in [1.165, 1.54) is 26.2 Å². The largest absolute Gasteiger partial charge is 0.507 e. The molecule has 0 unspecified atom stereocenters. The van der Waals surface area contributed by atoms with Crippen LogP contribution in [0.4, 0.5) is 0 Å². The molecule has 1 saturated heterocycles. The molecule has 2 heterocycles. The van der Waals surface area contributed by atoms with Crippen LogP contribution in [0.15, 0.2) is 60.7 Å². The van der Waals surface area contributed by atoms with E-state index in [4.69, 9.17) is 14.2 Å². The maximum absolute atomic E-state index is 13.3. The molecule has 1 aliphatic heterocycles. The van der Waals surface area contributed by atoms with Crippen molar-refractivity contribution in [1.29, 1.82) is 0 Å². The number of amides is 1. The number of rotatable bonds is 9. The molecule has 0 spiro atoms. The lowest BCUT2D eigenvalue weighted by molar-refractivity contribution is -0.139. The number of hydrogen-bond donors (Lipinski definition) is 1. The fourth-order valence-electron chi connectivity index (χ4n) is 4.43. The first-order chi connectivity index (χ1) is 17.4. The van der Waals surface area contributed by atoms with E-state index in [-0.39, 0.29) is 17.9 Å². The first-order valence-corrected chi connectivity index (χ1v) is 11.5. The summed E-state index contributed by atoms with van der Waals surface area (Å²) in [6.45, 7) is 2.83. The molecule has 9 nitrogen and oxygen atoms in total. The molecule has 1 amide bonds. The summed E-state index contributed by atoms with van der Waals surface area (Å²) >= 11 is 0. The molecule has 1 aliphatic rings. The van der Waals surface area contributed by atoms with Gasteiger partial charge in [-0.3, -0.25) is 9.59 Å². The minimum absolute atomic E-state index is 0.0146. The molecule has 3 aromatic rings. The van der Waals surface area contributed by atoms with Crippen molar-refractivity contribution in [2.24, 2.45) is 0 Å². The van der Waals surface area contributed by atoms with E-state index < -0.39 is 17.7 Å². The Morgan fingerprint density at radius 3 is 2.22 bits per heavy atom. The van der Waals surface area contributed by atoms with Gasteiger partial charge in [-0.1, -0.05) is 29.8 Å². The first kappa shape index (κ1) is 24.8. The van der Waals surface area contributed by atoms with Gasteiger partial charge in [0, 0.05) is 31.0 Å². The van der Waals surface area contributed by atoms with Crippen molar-refractivity contribution in [2.75, 3.05) is 27.9 Å². The number of aliphatic hydroxyl groups excluding tert-OH is 1. The maximum Gasteiger partial charge on any atom is 0.295 e. The normalized spacial score (nSPS) is 16.9. The number of hydrogen-bond acceptors (Lipinski definition) is 7. The van der Waals surface area contributed by atoms with E-state index in [1.807, 2.05) is 29.8 Å². The predicted molar refractivity (Wildman–Crippen MR) is 133 cm³/mol. The lowest BCUT2D eigenvalue weighted by Crippen LogP contribution is -2.31. The molecular weight excluding hydrogens is 462 g/mol. The number of Topliss-reactive ketones (excluding diaryl/α,β-unsaturated/α-hetero) is 1. The van der Waals surface area contributed by atoms with Crippen molar-refractivity contribution in [2.45, 2.75) is 25.9 Å². The molecule has 1 fully saturated rings. The highest BCUT2D eigenvalue weighted by Crippen LogP contribution is 2.45. The fraction of sp³-hybridized carbons (Fsp3) is 0.296. The zero-order valence-electron chi connectivity index (χ0n) is 20.7. The van der Waals surface area contributed by atoms with Crippen LogP contribution < -0.4 is 14.2 Å². The van der Waals surface area contributed by atoms with Crippen molar-refractivity contribution >= 4 is 17.4 Å². The van der Waals surface area contributed by atoms with Crippen LogP contribution in [-0.2, 0) is 16.1 Å². The molecule has 0 bridgehead atoms. The summed E-state index contributed by atoms with van der Waals surface area (Å²) in [5, 5.41) is 11.3. The van der Waals surface area contributed by atoms with E-state index in [1.54, 1.807) is 36.8 Å². The van der Waals surface area contributed by atoms with Crippen molar-refractivity contribution in [3.8, 4) is 17.2 Å². The fourth-order valence-corrected chi connectivity index (χ4v) is 4.43. The number of aryl methyl sites for hydroxylation is 2. The summed E-state index contributed by atoms with van der Waals surface area (Å²) in [6.07, 6.45) is 5.79. The third kappa shape index (κ3) is 4.64. The number of carbonyl (C=O) groups excluding carboxylic acids is 2. The molecule has 1 atom stereocenters. The summed E-state index contributed by atoms with van der Waals surface area (Å²) < 4.78 is 18.4. The van der Waals surface area contributed by atoms with Crippen LogP contribution in [0, 0.1) is 6.92 Å². The summed E-state index contributed by atoms with van der Waals surface area (Å²) in [5.41, 5.74) is 2.03. The maximum atomic E-state index is 13.3. The first-order valence-electron chi connectivity index (χ1n) is 11.5. The van der Waals surface area contributed by atoms with Crippen LogP contribution in [0.5, 0.6) is 17.2 Å². The van der Waals surface area contributed by atoms with Crippen molar-refractivity contribution < 1.29 is 28.9 Å². The summed E-state index contributed by atoms with van der Waals surface area (Å²) in [6, 6.07) is 9.68. The Morgan fingerprint density at radius 2 is 1.67 bits per heavy atom. The van der Waals surface area contributed by atoms with Gasteiger partial charge in [0.2, 0.25) is 5.75 Å². The highest BCUT2D eigenvalue weighted by atomic mass is 16.5. The number of ketones is 1. The van der Waals surface area contributed by atoms with Gasteiger partial charge in [0.15, 0.2) is 11.5 Å². The van der Waals surface area contributed by atoms with Gasteiger partial charge in [0.05, 0.1) is 39.3 Å². The number of carbonyl (C=O) groups is 2. The molecule has 9 heteroatoms. The van der Waals surface area contributed by atoms with Crippen LogP contribution >= 0.6 is 0 Å². The van der Waals surface area contributed by atoms with Crippen molar-refractivity contribution in [3.63, 3.8) is 0 Å². The van der Waals surface area contributed by atoms with E-state index in [0.717, 1.165) is 5.56 Å². The second kappa shape index (κ2) is 10.6. The minimum atomic E-state index is -0.845. The Labute approximate surface area is 209 Å². The van der Waals surface area contributed by atoms with Gasteiger partial charge in [-0.05, 0) is 31.0 Å². The molecule has 1 N–H and O–H groups in total. The Kier molecular flexibility index (Phi) is 7.28. The Hall–Kier alpha value is -4.27. The quantitative estimate of drug-likeness (QED) is 0.276. The van der Waals surface area contributed by atoms with E-state index >= 15 is 0 Å². The molecule has 0 radical (unpaired) electrons. The molecule has 1 aromatic heterocycles. The highest BCUT2D eigenvalue weighted by molar-refractivity contribution is 6.46. The second-order valence-electron chi connectivity index (χ2n) is 8.47. The lowest BCUT2D eigenvalue weighted by Gasteiger charge is -2.26. The highest BCUT2D eigenvalue weighted by Gasteiger charge is 2.46. The van der Waals surface area contributed by atoms with Crippen molar-refractivity contribution in [1.82, 2.24) is 14.5 Å². The predicted octanol–water partition coefficient (Wildman–Crippen LogP) is 3.73. The van der Waals surface area contributed by atoms with E-state index in [0.29, 0.717) is 41.3 Å². The zero-order valence-corrected chi connectivity index (χ0v) is 20.7. The van der Waals surface area contributed by atoms with Crippen molar-refractivity contribution in [3.05, 3.63) is 77.4 Å². The van der Waals surface area contributed by atoms with Crippen LogP contribution in [-0.4, -0.2) is 59.1 Å². The minimum Gasteiger partial charge on any atom is -0.507 e. The molecule has 36 heavy (non-hydrogen) atoms. The number of aliphatic hydroxyl groups is 1. The summed E-state index contributed by atoms with van der Waals surface area (Å²) in [7, 11) is 4.49. The molecule has 0 aliphatic carbocycles. The SMILES string of the molecule is COc1cc([C@H]2C(=C(O)c3ccc(C)cc3)C(=O)C(=O)N2CCCn2ccnc2)cc(OC)c1OC. The number of aromatic nitrogens is 2. The third-order valence-electron chi connectivity index (χ3n) is 6.24. The number of methoxy groups -OCH3 is 3. The summed E-state index contributed by atoms with van der Waals surface area (Å²) in [4.78, 5) is 32.1. The van der Waals surface area contributed by atoms with Gasteiger partial charge in [0.25, 0.3) is 11.7 Å². The molecule has 0 saturated carbocycles. The topological polar surface area (TPSA) is 103 Å². The van der Waals surface area contributed by atoms with Gasteiger partial charge < -0.3 is 28.8 Å². The molecule has 188 valence electrons. The Balaban J connectivity index is 1.83. The Morgan fingerprint density at radius 1 is 1.00 bits per heavy atom. The van der Waals surface area contributed by atoms with Crippen LogP contribution in [0.3, 0.4) is 0 Å². The lowest BCUT2D eigenvalue weighted by atomic mass is 9.94. The molecule has 2 aromatic carbocycles. The number of benzene rings is 2. The monoisotopic (exact) mass is 491 g/mol. The average molecular weight is 492 g/mol. The molecular formula is C27H29N3O6. The second-order valence-corrected chi connectivity index (χ2v) is 8.47. The average Bonchev–Trinajstić information content (AvgIpc) is 3.50. The van der Waals surface area contributed by atoms with Gasteiger partial charge >= 0.3 is 0 Å². The Bertz CT molecular complexity index is 1260. The number of ether oxygens (including phenoxy) is 3. The van der Waals surface area contributed by atoms with Crippen LogP contribution in [0.2, 0.25) is 0 Å². The molecule has 4 rings (SSSR count). The number of imidazole rings is 1. The van der Waals surface area contributed by atoms with Gasteiger partial charge in [-0.25, -0.2) is 4.98 Å². The standard InChI is InChI=1S/C27H29N3O6/c1-17-6-8-18(9-7-17)24(31)22-23(19-14-20(34-2)26(36-4)21(15-19)35-3)30(27(33)25(22)32)12-5-11-29-13-10-28-16-29/h6-10,13-16,23,31H,5,11-12H2,1-4H3/t23-/m0/s1. The van der Waals surface area contributed by atoms with Crippen LogP contribution in [0.25, 0.3) is 5.76 Å². The van der Waals surface area contributed by atoms with E-state index in [9.17, 15) is 14.7 Å². The van der Waals surface area contributed by atoms with Gasteiger partial charge in [0.1, 0.15) is 5.76 Å². The number of likely N-dealkylation sites (tertiary alicyclic amines) is 1. The van der Waals surface area contributed by atoms with Crippen LogP contribution in [0.1, 0.15) is 29.2 Å². The number of nitrogens with zero attached hydrogens (tertiary/aromatic N) is 3. The summed E-state index contributed by atoms with van der Waals surface area (Å²) in [5.74, 6) is -0.497. The smallest absolute Gasteiger partial charge is 0.295 e.